The molecular weight excluding hydrogens is 226 g/mol. The van der Waals surface area contributed by atoms with Crippen LogP contribution in [0.25, 0.3) is 0 Å². The van der Waals surface area contributed by atoms with Crippen molar-refractivity contribution >= 4 is 0 Å². The fraction of sp³-hybridized carbons (Fsp3) is 0.533. The number of hydrogen-bond acceptors (Lipinski definition) is 3. The minimum absolute atomic E-state index is 0.355. The third-order valence-electron chi connectivity index (χ3n) is 4.16. The molecule has 0 aromatic heterocycles. The van der Waals surface area contributed by atoms with Gasteiger partial charge in [-0.25, -0.2) is 0 Å². The molecule has 1 radical (unpaired) electrons. The summed E-state index contributed by atoms with van der Waals surface area (Å²) in [6, 6.07) is 6.42. The van der Waals surface area contributed by atoms with E-state index in [1.54, 1.807) is 7.11 Å². The van der Waals surface area contributed by atoms with Crippen molar-refractivity contribution in [3.8, 4) is 11.5 Å². The minimum Gasteiger partial charge on any atom is -0.496 e. The molecule has 0 spiro atoms. The van der Waals surface area contributed by atoms with Crippen LogP contribution in [0, 0.1) is 12.8 Å². The molecule has 97 valence electrons. The van der Waals surface area contributed by atoms with Crippen LogP contribution < -0.4 is 9.47 Å². The number of benzene rings is 1. The zero-order valence-corrected chi connectivity index (χ0v) is 11.1. The molecule has 18 heavy (non-hydrogen) atoms. The van der Waals surface area contributed by atoms with E-state index in [2.05, 4.69) is 18.7 Å². The third-order valence-corrected chi connectivity index (χ3v) is 4.16. The first kappa shape index (κ1) is 11.8. The molecule has 0 N–H and O–H groups in total. The first-order chi connectivity index (χ1) is 8.70. The van der Waals surface area contributed by atoms with E-state index in [9.17, 15) is 0 Å². The van der Waals surface area contributed by atoms with Crippen LogP contribution in [0.1, 0.15) is 18.4 Å². The average molecular weight is 246 g/mol. The maximum Gasteiger partial charge on any atom is 0.126 e. The summed E-state index contributed by atoms with van der Waals surface area (Å²) in [4.78, 5) is 2.43. The summed E-state index contributed by atoms with van der Waals surface area (Å²) >= 11 is 0. The predicted molar refractivity (Wildman–Crippen MR) is 71.1 cm³/mol. The van der Waals surface area contributed by atoms with Crippen LogP contribution in [-0.4, -0.2) is 37.7 Å². The summed E-state index contributed by atoms with van der Waals surface area (Å²) in [5.41, 5.74) is 1.25. The zero-order chi connectivity index (χ0) is 12.7. The molecule has 2 heterocycles. The van der Waals surface area contributed by atoms with Gasteiger partial charge in [0.25, 0.3) is 0 Å². The van der Waals surface area contributed by atoms with Gasteiger partial charge in [0.2, 0.25) is 0 Å². The molecule has 2 aliphatic rings. The molecule has 2 aliphatic heterocycles. The zero-order valence-electron chi connectivity index (χ0n) is 11.1. The van der Waals surface area contributed by atoms with Gasteiger partial charge in [0.05, 0.1) is 13.7 Å². The van der Waals surface area contributed by atoms with Crippen molar-refractivity contribution in [2.24, 2.45) is 5.92 Å². The van der Waals surface area contributed by atoms with Gasteiger partial charge < -0.3 is 9.47 Å². The van der Waals surface area contributed by atoms with Crippen molar-refractivity contribution in [1.82, 2.24) is 4.90 Å². The van der Waals surface area contributed by atoms with Crippen molar-refractivity contribution in [2.45, 2.75) is 18.9 Å². The van der Waals surface area contributed by atoms with Crippen LogP contribution in [0.15, 0.2) is 18.2 Å². The first-order valence-corrected chi connectivity index (χ1v) is 6.57. The third kappa shape index (κ3) is 1.77. The number of likely N-dealkylation sites (tertiary alicyclic amines) is 1. The highest BCUT2D eigenvalue weighted by atomic mass is 16.5. The fourth-order valence-corrected chi connectivity index (χ4v) is 3.15. The first-order valence-electron chi connectivity index (χ1n) is 6.57. The smallest absolute Gasteiger partial charge is 0.126 e. The van der Waals surface area contributed by atoms with Crippen molar-refractivity contribution in [2.75, 3.05) is 26.8 Å². The Morgan fingerprint density at radius 1 is 1.44 bits per heavy atom. The molecule has 3 heteroatoms. The Kier molecular flexibility index (Phi) is 2.94. The molecule has 0 bridgehead atoms. The Balaban J connectivity index is 1.97. The molecule has 3 atom stereocenters. The average Bonchev–Trinajstić information content (AvgIpc) is 2.82. The van der Waals surface area contributed by atoms with Crippen molar-refractivity contribution in [3.63, 3.8) is 0 Å². The molecule has 1 aromatic carbocycles. The lowest BCUT2D eigenvalue weighted by Gasteiger charge is -2.29. The topological polar surface area (TPSA) is 21.7 Å². The molecule has 1 saturated heterocycles. The van der Waals surface area contributed by atoms with E-state index in [4.69, 9.17) is 9.47 Å². The number of hydrogen-bond donors (Lipinski definition) is 0. The van der Waals surface area contributed by atoms with Crippen LogP contribution in [0.3, 0.4) is 0 Å². The Hall–Kier alpha value is -1.22. The summed E-state index contributed by atoms with van der Waals surface area (Å²) in [5, 5.41) is 0. The molecule has 1 fully saturated rings. The van der Waals surface area contributed by atoms with E-state index in [1.807, 2.05) is 18.2 Å². The molecule has 3 rings (SSSR count). The van der Waals surface area contributed by atoms with E-state index in [-0.39, 0.29) is 0 Å². The number of fused-ring (bicyclic) bond motifs is 3. The Morgan fingerprint density at radius 3 is 3.00 bits per heavy atom. The number of rotatable bonds is 2. The Morgan fingerprint density at radius 2 is 2.28 bits per heavy atom. The quantitative estimate of drug-likeness (QED) is 0.799. The van der Waals surface area contributed by atoms with Gasteiger partial charge in [0.1, 0.15) is 11.5 Å². The summed E-state index contributed by atoms with van der Waals surface area (Å²) < 4.78 is 11.4. The minimum atomic E-state index is 0.355. The highest BCUT2D eigenvalue weighted by Gasteiger charge is 2.40. The fourth-order valence-electron chi connectivity index (χ4n) is 3.15. The van der Waals surface area contributed by atoms with E-state index in [1.165, 1.54) is 5.56 Å². The van der Waals surface area contributed by atoms with E-state index in [0.717, 1.165) is 31.2 Å². The summed E-state index contributed by atoms with van der Waals surface area (Å²) in [6.07, 6.45) is 0. The molecule has 0 amide bonds. The van der Waals surface area contributed by atoms with E-state index < -0.39 is 0 Å². The van der Waals surface area contributed by atoms with Gasteiger partial charge in [-0.2, -0.15) is 0 Å². The lowest BCUT2D eigenvalue weighted by Crippen LogP contribution is -2.29. The number of ether oxygens (including phenoxy) is 2. The highest BCUT2D eigenvalue weighted by Crippen LogP contribution is 2.46. The molecule has 3 nitrogen and oxygen atoms in total. The van der Waals surface area contributed by atoms with Crippen LogP contribution in [0.4, 0.5) is 0 Å². The molecule has 0 aliphatic carbocycles. The van der Waals surface area contributed by atoms with Gasteiger partial charge in [0, 0.05) is 36.5 Å². The van der Waals surface area contributed by atoms with E-state index >= 15 is 0 Å². The van der Waals surface area contributed by atoms with Gasteiger partial charge in [-0.1, -0.05) is 6.07 Å². The predicted octanol–water partition coefficient (Wildman–Crippen LogP) is 2.33. The molecule has 1 aromatic rings. The number of methoxy groups -OCH3 is 1. The molecule has 1 unspecified atom stereocenters. The highest BCUT2D eigenvalue weighted by molar-refractivity contribution is 5.49. The monoisotopic (exact) mass is 246 g/mol. The number of nitrogens with zero attached hydrogens (tertiary/aromatic N) is 1. The second kappa shape index (κ2) is 4.47. The van der Waals surface area contributed by atoms with Gasteiger partial charge in [0.15, 0.2) is 0 Å². The molecular formula is C15H20NO2. The lowest BCUT2D eigenvalue weighted by molar-refractivity contribution is 0.206. The van der Waals surface area contributed by atoms with Gasteiger partial charge in [-0.15, -0.1) is 0 Å². The van der Waals surface area contributed by atoms with Crippen molar-refractivity contribution in [3.05, 3.63) is 30.7 Å². The largest absolute Gasteiger partial charge is 0.496 e. The van der Waals surface area contributed by atoms with Crippen LogP contribution in [0.5, 0.6) is 11.5 Å². The summed E-state index contributed by atoms with van der Waals surface area (Å²) in [6.45, 7) is 9.24. The standard InChI is InChI=1S/C15H20NO2/c1-10(2)16-7-11-9-18-14-6-4-5-13(17-3)15(14)12(11)8-16/h4-6,10-12H,1,7-9H2,2-3H3/t10?,11-,12-/m1/s1. The maximum atomic E-state index is 5.88. The second-order valence-electron chi connectivity index (χ2n) is 5.35. The summed E-state index contributed by atoms with van der Waals surface area (Å²) in [7, 11) is 1.73. The Labute approximate surface area is 109 Å². The lowest BCUT2D eigenvalue weighted by atomic mass is 9.86. The van der Waals surface area contributed by atoms with Crippen LogP contribution >= 0.6 is 0 Å². The van der Waals surface area contributed by atoms with E-state index in [0.29, 0.717) is 17.9 Å². The molecule has 0 saturated carbocycles. The van der Waals surface area contributed by atoms with Crippen molar-refractivity contribution < 1.29 is 9.47 Å². The van der Waals surface area contributed by atoms with Crippen LogP contribution in [-0.2, 0) is 0 Å². The maximum absolute atomic E-state index is 5.88. The SMILES string of the molecule is [CH2]C(C)N1C[C@@H]2COc3cccc(OC)c3[C@@H]2C1. The summed E-state index contributed by atoms with van der Waals surface area (Å²) in [5.74, 6) is 3.04. The Bertz CT molecular complexity index is 430. The van der Waals surface area contributed by atoms with Gasteiger partial charge >= 0.3 is 0 Å². The van der Waals surface area contributed by atoms with Crippen LogP contribution in [0.2, 0.25) is 0 Å². The second-order valence-corrected chi connectivity index (χ2v) is 5.35. The van der Waals surface area contributed by atoms with Gasteiger partial charge in [-0.3, -0.25) is 4.90 Å². The normalized spacial score (nSPS) is 26.7. The van der Waals surface area contributed by atoms with Gasteiger partial charge in [-0.05, 0) is 26.0 Å². The van der Waals surface area contributed by atoms with Crippen molar-refractivity contribution in [1.29, 1.82) is 0 Å².